The van der Waals surface area contributed by atoms with E-state index in [1.165, 1.54) is 23.6 Å². The van der Waals surface area contributed by atoms with Gasteiger partial charge in [0.25, 0.3) is 6.61 Å². The first kappa shape index (κ1) is 8.22. The predicted octanol–water partition coefficient (Wildman–Crippen LogP) is 1.44. The highest BCUT2D eigenvalue weighted by atomic mass is 16.4. The van der Waals surface area contributed by atoms with E-state index in [1.54, 1.807) is 5.57 Å². The number of hydrogen-bond acceptors (Lipinski definition) is 0. The number of benzene rings is 1. The van der Waals surface area contributed by atoms with Gasteiger partial charge in [-0.3, -0.25) is 4.42 Å². The van der Waals surface area contributed by atoms with Crippen LogP contribution in [-0.2, 0) is 6.42 Å². The van der Waals surface area contributed by atoms with Gasteiger partial charge in [-0.05, 0) is 43.0 Å². The Morgan fingerprint density at radius 2 is 2.21 bits per heavy atom. The van der Waals surface area contributed by atoms with Gasteiger partial charge in [-0.25, -0.2) is 0 Å². The van der Waals surface area contributed by atoms with Gasteiger partial charge in [-0.2, -0.15) is 0 Å². The van der Waals surface area contributed by atoms with Crippen LogP contribution in [0.25, 0.3) is 5.57 Å². The smallest absolute Gasteiger partial charge is 0.254 e. The summed E-state index contributed by atoms with van der Waals surface area (Å²) in [5.74, 6) is 0.871. The summed E-state index contributed by atoms with van der Waals surface area (Å²) in [5.41, 5.74) is 4.06. The summed E-state index contributed by atoms with van der Waals surface area (Å²) in [6.45, 7) is 3.14. The van der Waals surface area contributed by atoms with Crippen LogP contribution in [0.1, 0.15) is 25.3 Å². The van der Waals surface area contributed by atoms with Crippen molar-refractivity contribution in [2.24, 2.45) is 5.92 Å². The number of rotatable bonds is 1. The van der Waals surface area contributed by atoms with Crippen LogP contribution in [0.5, 0.6) is 0 Å². The topological polar surface area (TPSA) is 11.3 Å². The Hall–Kier alpha value is -1.11. The van der Waals surface area contributed by atoms with Crippen molar-refractivity contribution in [2.75, 3.05) is 6.61 Å². The molecule has 0 N–H and O–H groups in total. The van der Waals surface area contributed by atoms with Crippen LogP contribution in [0, 0.1) is 5.92 Å². The van der Waals surface area contributed by atoms with Crippen molar-refractivity contribution in [3.8, 4) is 0 Å². The molecule has 0 aromatic heterocycles. The Bertz CT molecular complexity index is 480. The van der Waals surface area contributed by atoms with E-state index in [0.29, 0.717) is 0 Å². The molecule has 2 aliphatic rings. The van der Waals surface area contributed by atoms with Crippen molar-refractivity contribution in [3.05, 3.63) is 38.8 Å². The summed E-state index contributed by atoms with van der Waals surface area (Å²) in [6.07, 6.45) is 3.86. The molecule has 1 heteroatoms. The van der Waals surface area contributed by atoms with Gasteiger partial charge in [0.15, 0.2) is 0 Å². The molecule has 0 saturated heterocycles. The highest BCUT2D eigenvalue weighted by Crippen LogP contribution is 2.36. The molecule has 0 amide bonds. The minimum absolute atomic E-state index is 0.862. The van der Waals surface area contributed by atoms with Crippen LogP contribution in [0.2, 0.25) is 0 Å². The molecular formula is C13H15O+. The normalized spacial score (nSPS) is 21.5. The lowest BCUT2D eigenvalue weighted by atomic mass is 10.1. The highest BCUT2D eigenvalue weighted by molar-refractivity contribution is 5.48. The first-order valence-corrected chi connectivity index (χ1v) is 5.44. The quantitative estimate of drug-likeness (QED) is 0.589. The molecule has 1 saturated carbocycles. The first-order chi connectivity index (χ1) is 6.84. The van der Waals surface area contributed by atoms with Gasteiger partial charge in [-0.1, -0.05) is 5.57 Å². The third-order valence-electron chi connectivity index (χ3n) is 3.33. The maximum Gasteiger partial charge on any atom is 0.347 e. The second kappa shape index (κ2) is 2.94. The van der Waals surface area contributed by atoms with Gasteiger partial charge in [-0.15, -0.1) is 0 Å². The van der Waals surface area contributed by atoms with Gasteiger partial charge in [0.05, 0.1) is 12.0 Å². The molecule has 3 rings (SSSR count). The van der Waals surface area contributed by atoms with Gasteiger partial charge in [0.1, 0.15) is 0 Å². The van der Waals surface area contributed by atoms with Crippen LogP contribution >= 0.6 is 0 Å². The second-order valence-corrected chi connectivity index (χ2v) is 4.38. The minimum atomic E-state index is 0.862. The molecular weight excluding hydrogens is 172 g/mol. The van der Waals surface area contributed by atoms with E-state index in [-0.39, 0.29) is 0 Å². The van der Waals surface area contributed by atoms with Crippen molar-refractivity contribution in [1.82, 2.24) is 0 Å². The molecule has 1 nitrogen and oxygen atoms in total. The van der Waals surface area contributed by atoms with Gasteiger partial charge >= 0.3 is 5.43 Å². The Morgan fingerprint density at radius 1 is 1.36 bits per heavy atom. The lowest BCUT2D eigenvalue weighted by molar-refractivity contribution is 1.09. The maximum absolute atomic E-state index is 5.50. The fourth-order valence-electron chi connectivity index (χ4n) is 2.18. The van der Waals surface area contributed by atoms with Crippen LogP contribution in [0.4, 0.5) is 0 Å². The zero-order chi connectivity index (χ0) is 9.54. The van der Waals surface area contributed by atoms with Crippen LogP contribution in [-0.4, -0.2) is 6.61 Å². The Labute approximate surface area is 83.8 Å². The summed E-state index contributed by atoms with van der Waals surface area (Å²) in [6, 6.07) is 6.65. The van der Waals surface area contributed by atoms with E-state index in [1.807, 2.05) is 0 Å². The second-order valence-electron chi connectivity index (χ2n) is 4.38. The van der Waals surface area contributed by atoms with Crippen molar-refractivity contribution in [3.63, 3.8) is 0 Å². The van der Waals surface area contributed by atoms with Crippen LogP contribution < -0.4 is 10.6 Å². The first-order valence-electron chi connectivity index (χ1n) is 5.44. The summed E-state index contributed by atoms with van der Waals surface area (Å²) >= 11 is 0. The molecule has 0 atom stereocenters. The van der Waals surface area contributed by atoms with E-state index in [2.05, 4.69) is 25.1 Å². The summed E-state index contributed by atoms with van der Waals surface area (Å²) in [5, 5.41) is 1.43. The van der Waals surface area contributed by atoms with E-state index in [0.717, 1.165) is 24.4 Å². The van der Waals surface area contributed by atoms with E-state index >= 15 is 0 Å². The average Bonchev–Trinajstić information content (AvgIpc) is 2.95. The molecule has 72 valence electrons. The molecule has 1 aromatic rings. The molecule has 0 bridgehead atoms. The molecule has 0 spiro atoms. The molecule has 0 radical (unpaired) electrons. The molecule has 1 aliphatic heterocycles. The zero-order valence-corrected chi connectivity index (χ0v) is 8.55. The van der Waals surface area contributed by atoms with Crippen molar-refractivity contribution >= 4 is 5.57 Å². The molecule has 1 fully saturated rings. The van der Waals surface area contributed by atoms with E-state index in [9.17, 15) is 0 Å². The molecule has 0 unspecified atom stereocenters. The molecule has 1 heterocycles. The fourth-order valence-corrected chi connectivity index (χ4v) is 2.18. The number of fused-ring (bicyclic) bond motifs is 1. The standard InChI is InChI=1S/C13H15O/c1-9(10-2-3-10)11-4-5-13-12(8-11)6-7-14-13/h4-5,8,10H,2-3,6-7H2,1H3/q+1/b11-9+. The third-order valence-corrected chi connectivity index (χ3v) is 3.33. The van der Waals surface area contributed by atoms with E-state index in [4.69, 9.17) is 4.42 Å². The van der Waals surface area contributed by atoms with Gasteiger partial charge in [0.2, 0.25) is 0 Å². The van der Waals surface area contributed by atoms with E-state index < -0.39 is 0 Å². The van der Waals surface area contributed by atoms with Gasteiger partial charge < -0.3 is 0 Å². The lowest BCUT2D eigenvalue weighted by Crippen LogP contribution is -2.13. The third kappa shape index (κ3) is 1.28. The maximum atomic E-state index is 5.50. The average molecular weight is 187 g/mol. The van der Waals surface area contributed by atoms with Crippen LogP contribution in [0.3, 0.4) is 0 Å². The molecule has 1 aromatic carbocycles. The SMILES string of the molecule is C/C(=c1/ccc2c(c1)CC[O+]=2)C1CC1. The Kier molecular flexibility index (Phi) is 1.73. The summed E-state index contributed by atoms with van der Waals surface area (Å²) in [4.78, 5) is 0. The van der Waals surface area contributed by atoms with Crippen LogP contribution in [0.15, 0.2) is 22.6 Å². The van der Waals surface area contributed by atoms with Gasteiger partial charge in [0, 0.05) is 6.07 Å². The van der Waals surface area contributed by atoms with Crippen molar-refractivity contribution in [2.45, 2.75) is 26.2 Å². The minimum Gasteiger partial charge on any atom is -0.254 e. The van der Waals surface area contributed by atoms with Crippen molar-refractivity contribution in [1.29, 1.82) is 0 Å². The Morgan fingerprint density at radius 3 is 3.00 bits per heavy atom. The molecule has 14 heavy (non-hydrogen) atoms. The largest absolute Gasteiger partial charge is 0.347 e. The summed E-state index contributed by atoms with van der Waals surface area (Å²) in [7, 11) is 0. The monoisotopic (exact) mass is 187 g/mol. The van der Waals surface area contributed by atoms with Crippen molar-refractivity contribution < 1.29 is 0 Å². The lowest BCUT2D eigenvalue weighted by Gasteiger charge is -1.95. The summed E-state index contributed by atoms with van der Waals surface area (Å²) < 4.78 is 5.50. The highest BCUT2D eigenvalue weighted by Gasteiger charge is 2.24. The fraction of sp³-hybridized carbons (Fsp3) is 0.462. The number of hydrogen-bond donors (Lipinski definition) is 0. The molecule has 1 aliphatic carbocycles. The predicted molar refractivity (Wildman–Crippen MR) is 58.3 cm³/mol. The Balaban J connectivity index is 2.17. The zero-order valence-electron chi connectivity index (χ0n) is 8.55.